The van der Waals surface area contributed by atoms with Gasteiger partial charge in [0.1, 0.15) is 5.58 Å². The number of aromatic nitrogens is 1. The van der Waals surface area contributed by atoms with Crippen molar-refractivity contribution in [2.24, 2.45) is 4.99 Å². The summed E-state index contributed by atoms with van der Waals surface area (Å²) < 4.78 is 7.96. The third-order valence-electron chi connectivity index (χ3n) is 4.03. The molecule has 0 saturated carbocycles. The maximum absolute atomic E-state index is 12.7. The number of rotatable bonds is 2. The monoisotopic (exact) mass is 428 g/mol. The Morgan fingerprint density at radius 1 is 1.25 bits per heavy atom. The van der Waals surface area contributed by atoms with Gasteiger partial charge < -0.3 is 8.98 Å². The van der Waals surface area contributed by atoms with E-state index >= 15 is 0 Å². The summed E-state index contributed by atoms with van der Waals surface area (Å²) in [4.78, 5) is 29.4. The van der Waals surface area contributed by atoms with Crippen molar-refractivity contribution in [2.45, 2.75) is 6.54 Å². The molecule has 0 saturated heterocycles. The fraction of sp³-hybridized carbons (Fsp3) is 0.0500. The van der Waals surface area contributed by atoms with Crippen molar-refractivity contribution in [3.63, 3.8) is 0 Å². The summed E-state index contributed by atoms with van der Waals surface area (Å²) in [5.41, 5.74) is 0.600. The van der Waals surface area contributed by atoms with Crippen molar-refractivity contribution in [1.82, 2.24) is 4.57 Å². The molecule has 2 aromatic carbocycles. The Morgan fingerprint density at radius 3 is 2.82 bits per heavy atom. The van der Waals surface area contributed by atoms with Crippen LogP contribution in [-0.2, 0) is 6.54 Å². The fourth-order valence-electron chi connectivity index (χ4n) is 2.78. The topological polar surface area (TPSA) is 64.6 Å². The first-order valence-electron chi connectivity index (χ1n) is 8.02. The van der Waals surface area contributed by atoms with Gasteiger partial charge in [-0.05, 0) is 24.3 Å². The number of amides is 1. The molecule has 4 rings (SSSR count). The third-order valence-corrected chi connectivity index (χ3v) is 5.86. The number of halogens is 2. The van der Waals surface area contributed by atoms with Gasteiger partial charge in [-0.1, -0.05) is 52.6 Å². The predicted octanol–water partition coefficient (Wildman–Crippen LogP) is 4.49. The van der Waals surface area contributed by atoms with E-state index in [0.717, 1.165) is 10.8 Å². The number of hydrogen-bond donors (Lipinski definition) is 0. The molecule has 0 fully saturated rings. The zero-order chi connectivity index (χ0) is 19.8. The van der Waals surface area contributed by atoms with Crippen LogP contribution >= 0.6 is 34.5 Å². The van der Waals surface area contributed by atoms with Crippen LogP contribution in [0.25, 0.3) is 21.2 Å². The average Bonchev–Trinajstić information content (AvgIpc) is 3.03. The van der Waals surface area contributed by atoms with Crippen LogP contribution in [0, 0.1) is 12.3 Å². The quantitative estimate of drug-likeness (QED) is 0.441. The van der Waals surface area contributed by atoms with Gasteiger partial charge in [-0.25, -0.2) is 0 Å². The molecule has 0 unspecified atom stereocenters. The van der Waals surface area contributed by atoms with E-state index in [0.29, 0.717) is 31.3 Å². The molecule has 0 aliphatic heterocycles. The Labute approximate surface area is 172 Å². The van der Waals surface area contributed by atoms with Crippen molar-refractivity contribution >= 4 is 61.6 Å². The Kier molecular flexibility index (Phi) is 4.82. The van der Waals surface area contributed by atoms with E-state index in [1.807, 2.05) is 0 Å². The van der Waals surface area contributed by atoms with Gasteiger partial charge >= 0.3 is 5.91 Å². The van der Waals surface area contributed by atoms with E-state index in [1.54, 1.807) is 41.0 Å². The van der Waals surface area contributed by atoms with Gasteiger partial charge in [-0.2, -0.15) is 4.99 Å². The SMILES string of the molecule is C#CCn1c(=NC(=O)c2cc(=O)c3ccccc3o2)sc2ccc(Cl)c(Cl)c21. The molecule has 2 aromatic heterocycles. The van der Waals surface area contributed by atoms with E-state index in [2.05, 4.69) is 10.9 Å². The lowest BCUT2D eigenvalue weighted by Crippen LogP contribution is -2.17. The molecule has 5 nitrogen and oxygen atoms in total. The Balaban J connectivity index is 1.92. The van der Waals surface area contributed by atoms with Crippen molar-refractivity contribution in [3.8, 4) is 12.3 Å². The second kappa shape index (κ2) is 7.28. The summed E-state index contributed by atoms with van der Waals surface area (Å²) in [6.07, 6.45) is 5.46. The number of carbonyl (C=O) groups is 1. The number of benzene rings is 2. The second-order valence-corrected chi connectivity index (χ2v) is 7.57. The summed E-state index contributed by atoms with van der Waals surface area (Å²) >= 11 is 13.7. The van der Waals surface area contributed by atoms with Crippen molar-refractivity contribution < 1.29 is 9.21 Å². The molecule has 0 aliphatic rings. The van der Waals surface area contributed by atoms with Crippen molar-refractivity contribution in [1.29, 1.82) is 0 Å². The highest BCUT2D eigenvalue weighted by Gasteiger charge is 2.15. The summed E-state index contributed by atoms with van der Waals surface area (Å²) in [5, 5.41) is 1.10. The van der Waals surface area contributed by atoms with Crippen LogP contribution in [0.4, 0.5) is 0 Å². The molecule has 8 heteroatoms. The van der Waals surface area contributed by atoms with Gasteiger partial charge in [0.25, 0.3) is 0 Å². The lowest BCUT2D eigenvalue weighted by Gasteiger charge is -2.03. The molecule has 0 N–H and O–H groups in total. The maximum Gasteiger partial charge on any atom is 0.315 e. The summed E-state index contributed by atoms with van der Waals surface area (Å²) in [6, 6.07) is 11.3. The standard InChI is InChI=1S/C20H10Cl2N2O3S/c1-2-9-24-18-16(8-7-12(21)17(18)22)28-20(24)23-19(26)15-10-13(25)11-5-3-4-6-14(11)27-15/h1,3-8,10H,9H2. The molecule has 1 amide bonds. The fourth-order valence-corrected chi connectivity index (χ4v) is 4.29. The van der Waals surface area contributed by atoms with Gasteiger partial charge in [-0.3, -0.25) is 9.59 Å². The lowest BCUT2D eigenvalue weighted by atomic mass is 10.2. The van der Waals surface area contributed by atoms with Gasteiger partial charge in [0.15, 0.2) is 16.0 Å². The molecule has 2 heterocycles. The van der Waals surface area contributed by atoms with Gasteiger partial charge in [0.05, 0.1) is 32.2 Å². The average molecular weight is 429 g/mol. The van der Waals surface area contributed by atoms with Crippen LogP contribution in [0.1, 0.15) is 10.6 Å². The van der Waals surface area contributed by atoms with Crippen LogP contribution in [0.15, 0.2) is 56.7 Å². The number of thiazole rings is 1. The van der Waals surface area contributed by atoms with Crippen LogP contribution in [0.2, 0.25) is 10.0 Å². The first kappa shape index (κ1) is 18.5. The molecule has 0 spiro atoms. The third kappa shape index (κ3) is 3.14. The molecule has 0 radical (unpaired) electrons. The minimum absolute atomic E-state index is 0.147. The molecular weight excluding hydrogens is 419 g/mol. The smallest absolute Gasteiger partial charge is 0.315 e. The van der Waals surface area contributed by atoms with E-state index in [9.17, 15) is 9.59 Å². The predicted molar refractivity (Wildman–Crippen MR) is 111 cm³/mol. The van der Waals surface area contributed by atoms with E-state index < -0.39 is 5.91 Å². The first-order chi connectivity index (χ1) is 13.5. The largest absolute Gasteiger partial charge is 0.451 e. The van der Waals surface area contributed by atoms with Crippen molar-refractivity contribution in [2.75, 3.05) is 0 Å². The summed E-state index contributed by atoms with van der Waals surface area (Å²) in [7, 11) is 0. The second-order valence-electron chi connectivity index (χ2n) is 5.77. The minimum atomic E-state index is -0.692. The molecule has 0 atom stereocenters. The highest BCUT2D eigenvalue weighted by molar-refractivity contribution is 7.16. The molecule has 0 aliphatic carbocycles. The van der Waals surface area contributed by atoms with Crippen LogP contribution in [-0.4, -0.2) is 10.5 Å². The first-order valence-corrected chi connectivity index (χ1v) is 9.59. The lowest BCUT2D eigenvalue weighted by molar-refractivity contribution is 0.0972. The molecular formula is C20H10Cl2N2O3S. The number of carbonyl (C=O) groups excluding carboxylic acids is 1. The summed E-state index contributed by atoms with van der Waals surface area (Å²) in [5.74, 6) is 1.67. The minimum Gasteiger partial charge on any atom is -0.451 e. The zero-order valence-electron chi connectivity index (χ0n) is 14.1. The summed E-state index contributed by atoms with van der Waals surface area (Å²) in [6.45, 7) is 0.147. The highest BCUT2D eigenvalue weighted by atomic mass is 35.5. The Hall–Kier alpha value is -2.85. The van der Waals surface area contributed by atoms with E-state index in [1.165, 1.54) is 11.3 Å². The Bertz CT molecular complexity index is 1420. The number of fused-ring (bicyclic) bond motifs is 2. The van der Waals surface area contributed by atoms with Crippen LogP contribution in [0.3, 0.4) is 0 Å². The molecule has 138 valence electrons. The van der Waals surface area contributed by atoms with E-state index in [-0.39, 0.29) is 17.7 Å². The van der Waals surface area contributed by atoms with Crippen molar-refractivity contribution in [3.05, 3.63) is 73.3 Å². The van der Waals surface area contributed by atoms with Gasteiger partial charge in [0.2, 0.25) is 0 Å². The number of terminal acetylenes is 1. The van der Waals surface area contributed by atoms with Gasteiger partial charge in [0, 0.05) is 6.07 Å². The highest BCUT2D eigenvalue weighted by Crippen LogP contribution is 2.32. The number of hydrogen-bond acceptors (Lipinski definition) is 4. The van der Waals surface area contributed by atoms with Crippen LogP contribution in [0.5, 0.6) is 0 Å². The van der Waals surface area contributed by atoms with Crippen LogP contribution < -0.4 is 10.2 Å². The number of nitrogens with zero attached hydrogens (tertiary/aromatic N) is 2. The molecule has 28 heavy (non-hydrogen) atoms. The molecule has 4 aromatic rings. The number of para-hydroxylation sites is 1. The normalized spacial score (nSPS) is 11.8. The van der Waals surface area contributed by atoms with Gasteiger partial charge in [-0.15, -0.1) is 6.42 Å². The van der Waals surface area contributed by atoms with E-state index in [4.69, 9.17) is 34.0 Å². The zero-order valence-corrected chi connectivity index (χ0v) is 16.4. The Morgan fingerprint density at radius 2 is 2.04 bits per heavy atom. The molecule has 0 bridgehead atoms. The maximum atomic E-state index is 12.7.